The van der Waals surface area contributed by atoms with Gasteiger partial charge in [0, 0.05) is 20.0 Å². The zero-order valence-electron chi connectivity index (χ0n) is 16.9. The summed E-state index contributed by atoms with van der Waals surface area (Å²) in [5.41, 5.74) is 1.14. The molecule has 2 saturated heterocycles. The molecular weight excluding hydrogens is 409 g/mol. The van der Waals surface area contributed by atoms with E-state index in [0.717, 1.165) is 36.1 Å². The zero-order chi connectivity index (χ0) is 21.3. The number of ether oxygens (including phenoxy) is 1. The Morgan fingerprint density at radius 1 is 1.33 bits per heavy atom. The lowest BCUT2D eigenvalue weighted by Crippen LogP contribution is -2.33. The Bertz CT molecular complexity index is 944. The van der Waals surface area contributed by atoms with Crippen molar-refractivity contribution in [3.8, 4) is 0 Å². The first-order valence-electron chi connectivity index (χ1n) is 9.98. The molecule has 30 heavy (non-hydrogen) atoms. The normalized spacial score (nSPS) is 19.8. The summed E-state index contributed by atoms with van der Waals surface area (Å²) in [6.45, 7) is 5.47. The number of rotatable bonds is 5. The second-order valence-electron chi connectivity index (χ2n) is 7.62. The van der Waals surface area contributed by atoms with Crippen LogP contribution in [0.2, 0.25) is 0 Å². The number of carbonyl (C=O) groups excluding carboxylic acids is 2. The molecule has 1 N–H and O–H groups in total. The van der Waals surface area contributed by atoms with Crippen molar-refractivity contribution in [3.63, 3.8) is 0 Å². The number of hydrogen-bond donors (Lipinski definition) is 1. The molecule has 10 heteroatoms. The largest absolute Gasteiger partial charge is 0.442 e. The van der Waals surface area contributed by atoms with Crippen LogP contribution in [-0.2, 0) is 9.53 Å². The summed E-state index contributed by atoms with van der Waals surface area (Å²) in [5.74, 6) is -0.370. The van der Waals surface area contributed by atoms with Gasteiger partial charge < -0.3 is 15.0 Å². The number of nitrogens with one attached hydrogen (secondary N) is 1. The van der Waals surface area contributed by atoms with Crippen molar-refractivity contribution in [3.05, 3.63) is 34.6 Å². The molecule has 2 fully saturated rings. The van der Waals surface area contributed by atoms with Crippen LogP contribution in [0.15, 0.2) is 18.2 Å². The highest BCUT2D eigenvalue weighted by atomic mass is 32.1. The van der Waals surface area contributed by atoms with Crippen molar-refractivity contribution in [1.29, 1.82) is 0 Å². The summed E-state index contributed by atoms with van der Waals surface area (Å²) in [7, 11) is 0. The van der Waals surface area contributed by atoms with E-state index >= 15 is 0 Å². The van der Waals surface area contributed by atoms with Gasteiger partial charge in [0.05, 0.1) is 18.8 Å². The average Bonchev–Trinajstić information content (AvgIpc) is 3.32. The molecule has 0 unspecified atom stereocenters. The lowest BCUT2D eigenvalue weighted by Gasteiger charge is -2.32. The Hall–Kier alpha value is -2.75. The Morgan fingerprint density at radius 3 is 2.73 bits per heavy atom. The zero-order valence-corrected chi connectivity index (χ0v) is 17.7. The number of amides is 2. The third-order valence-corrected chi connectivity index (χ3v) is 6.37. The molecule has 0 bridgehead atoms. The summed E-state index contributed by atoms with van der Waals surface area (Å²) >= 11 is 1.57. The van der Waals surface area contributed by atoms with Crippen LogP contribution < -0.4 is 15.1 Å². The first kappa shape index (κ1) is 20.5. The molecule has 3 heterocycles. The third kappa shape index (κ3) is 4.38. The molecule has 2 aliphatic heterocycles. The predicted octanol–water partition coefficient (Wildman–Crippen LogP) is 2.83. The topological polar surface area (TPSA) is 87.7 Å². The predicted molar refractivity (Wildman–Crippen MR) is 112 cm³/mol. The minimum Gasteiger partial charge on any atom is -0.442 e. The number of benzene rings is 1. The molecule has 8 nitrogen and oxygen atoms in total. The molecule has 2 amide bonds. The molecule has 0 saturated carbocycles. The second kappa shape index (κ2) is 8.55. The van der Waals surface area contributed by atoms with Crippen molar-refractivity contribution in [2.45, 2.75) is 38.7 Å². The van der Waals surface area contributed by atoms with Crippen LogP contribution in [0.3, 0.4) is 0 Å². The SMILES string of the molecule is CC(=O)NC[C@H]1CN(c2ccc(C3CCN(c4nnc(C)s4)CC3)c(F)c2)C(=O)O1. The van der Waals surface area contributed by atoms with Crippen LogP contribution in [0.1, 0.15) is 36.3 Å². The number of carbonyl (C=O) groups is 2. The maximum atomic E-state index is 14.9. The van der Waals surface area contributed by atoms with E-state index in [1.165, 1.54) is 17.9 Å². The van der Waals surface area contributed by atoms with E-state index in [-0.39, 0.29) is 30.7 Å². The number of cyclic esters (lactones) is 1. The highest BCUT2D eigenvalue weighted by molar-refractivity contribution is 7.15. The lowest BCUT2D eigenvalue weighted by atomic mass is 9.89. The van der Waals surface area contributed by atoms with Gasteiger partial charge in [-0.3, -0.25) is 9.69 Å². The fraction of sp³-hybridized carbons (Fsp3) is 0.500. The van der Waals surface area contributed by atoms with Crippen molar-refractivity contribution in [1.82, 2.24) is 15.5 Å². The Kier molecular flexibility index (Phi) is 5.85. The molecule has 160 valence electrons. The van der Waals surface area contributed by atoms with Gasteiger partial charge in [-0.25, -0.2) is 9.18 Å². The number of hydrogen-bond acceptors (Lipinski definition) is 7. The molecule has 2 aliphatic rings. The maximum Gasteiger partial charge on any atom is 0.414 e. The summed E-state index contributed by atoms with van der Waals surface area (Å²) < 4.78 is 20.2. The third-order valence-electron chi connectivity index (χ3n) is 5.47. The number of nitrogens with zero attached hydrogens (tertiary/aromatic N) is 4. The highest BCUT2D eigenvalue weighted by Crippen LogP contribution is 2.34. The van der Waals surface area contributed by atoms with E-state index in [9.17, 15) is 14.0 Å². The second-order valence-corrected chi connectivity index (χ2v) is 8.78. The molecule has 2 aromatic rings. The van der Waals surface area contributed by atoms with Gasteiger partial charge in [-0.1, -0.05) is 17.4 Å². The monoisotopic (exact) mass is 433 g/mol. The fourth-order valence-electron chi connectivity index (χ4n) is 3.91. The molecule has 4 rings (SSSR count). The van der Waals surface area contributed by atoms with Gasteiger partial charge in [-0.15, -0.1) is 10.2 Å². The van der Waals surface area contributed by atoms with Crippen molar-refractivity contribution >= 4 is 34.2 Å². The Labute approximate surface area is 178 Å². The minimum atomic E-state index is -0.529. The van der Waals surface area contributed by atoms with E-state index in [1.54, 1.807) is 23.5 Å². The number of aryl methyl sites for hydroxylation is 1. The van der Waals surface area contributed by atoms with Gasteiger partial charge >= 0.3 is 6.09 Å². The Balaban J connectivity index is 1.39. The maximum absolute atomic E-state index is 14.9. The van der Waals surface area contributed by atoms with E-state index in [0.29, 0.717) is 11.3 Å². The van der Waals surface area contributed by atoms with Crippen LogP contribution in [0, 0.1) is 12.7 Å². The van der Waals surface area contributed by atoms with Gasteiger partial charge in [0.2, 0.25) is 11.0 Å². The number of anilines is 2. The van der Waals surface area contributed by atoms with Crippen LogP contribution in [-0.4, -0.2) is 54.5 Å². The number of halogens is 1. The average molecular weight is 434 g/mol. The molecule has 1 aromatic carbocycles. The van der Waals surface area contributed by atoms with E-state index in [1.807, 2.05) is 6.92 Å². The van der Waals surface area contributed by atoms with Crippen LogP contribution >= 0.6 is 11.3 Å². The molecule has 1 aromatic heterocycles. The van der Waals surface area contributed by atoms with Gasteiger partial charge in [0.1, 0.15) is 16.9 Å². The lowest BCUT2D eigenvalue weighted by molar-refractivity contribution is -0.119. The van der Waals surface area contributed by atoms with E-state index in [4.69, 9.17) is 4.74 Å². The van der Waals surface area contributed by atoms with Crippen molar-refractivity contribution in [2.75, 3.05) is 36.0 Å². The van der Waals surface area contributed by atoms with Crippen LogP contribution in [0.25, 0.3) is 0 Å². The van der Waals surface area contributed by atoms with Gasteiger partial charge in [0.15, 0.2) is 0 Å². The van der Waals surface area contributed by atoms with E-state index in [2.05, 4.69) is 20.4 Å². The standard InChI is InChI=1S/C20H24FN5O3S/c1-12(27)22-10-16-11-26(20(28)29-16)15-3-4-17(18(21)9-15)14-5-7-25(8-6-14)19-24-23-13(2)30-19/h3-4,9,14,16H,5-8,10-11H2,1-2H3,(H,22,27)/t16-/m0/s1. The van der Waals surface area contributed by atoms with Gasteiger partial charge in [-0.05, 0) is 43.4 Å². The van der Waals surface area contributed by atoms with Gasteiger partial charge in [0.25, 0.3) is 0 Å². The quantitative estimate of drug-likeness (QED) is 0.780. The smallest absolute Gasteiger partial charge is 0.414 e. The summed E-state index contributed by atoms with van der Waals surface area (Å²) in [4.78, 5) is 26.8. The summed E-state index contributed by atoms with van der Waals surface area (Å²) in [6.07, 6.45) is 0.689. The van der Waals surface area contributed by atoms with E-state index < -0.39 is 12.2 Å². The van der Waals surface area contributed by atoms with Crippen molar-refractivity contribution in [2.24, 2.45) is 0 Å². The van der Waals surface area contributed by atoms with Crippen LogP contribution in [0.4, 0.5) is 20.0 Å². The molecule has 1 atom stereocenters. The number of aromatic nitrogens is 2. The van der Waals surface area contributed by atoms with Gasteiger partial charge in [-0.2, -0.15) is 0 Å². The first-order chi connectivity index (χ1) is 14.4. The highest BCUT2D eigenvalue weighted by Gasteiger charge is 2.33. The molecule has 0 spiro atoms. The summed E-state index contributed by atoms with van der Waals surface area (Å²) in [5, 5.41) is 12.8. The molecular formula is C20H24FN5O3S. The molecule has 0 aliphatic carbocycles. The van der Waals surface area contributed by atoms with Crippen LogP contribution in [0.5, 0.6) is 0 Å². The Morgan fingerprint density at radius 2 is 2.10 bits per heavy atom. The van der Waals surface area contributed by atoms with Crippen molar-refractivity contribution < 1.29 is 18.7 Å². The first-order valence-corrected chi connectivity index (χ1v) is 10.8. The molecule has 0 radical (unpaired) electrons. The minimum absolute atomic E-state index is 0.127. The fourth-order valence-corrected chi connectivity index (χ4v) is 4.65. The summed E-state index contributed by atoms with van der Waals surface area (Å²) in [6, 6.07) is 4.94. The number of piperidine rings is 1.